The van der Waals surface area contributed by atoms with Gasteiger partial charge in [0.15, 0.2) is 0 Å². The van der Waals surface area contributed by atoms with Gasteiger partial charge in [0.1, 0.15) is 6.04 Å². The third-order valence-electron chi connectivity index (χ3n) is 2.22. The average molecular weight is 218 g/mol. The van der Waals surface area contributed by atoms with Crippen molar-refractivity contribution in [2.24, 2.45) is 0 Å². The van der Waals surface area contributed by atoms with Gasteiger partial charge >= 0.3 is 5.97 Å². The predicted molar refractivity (Wildman–Crippen MR) is 49.1 cm³/mol. The van der Waals surface area contributed by atoms with Gasteiger partial charge in [0.25, 0.3) is 0 Å². The fourth-order valence-corrected chi connectivity index (χ4v) is 1.37. The maximum Gasteiger partial charge on any atom is 0.328 e. The van der Waals surface area contributed by atoms with E-state index in [2.05, 4.69) is 10.6 Å². The van der Waals surface area contributed by atoms with Crippen LogP contribution in [0.25, 0.3) is 0 Å². The molecule has 1 aliphatic heterocycles. The maximum absolute atomic E-state index is 11.4. The van der Waals surface area contributed by atoms with Gasteiger partial charge < -0.3 is 26.0 Å². The van der Waals surface area contributed by atoms with Crippen LogP contribution in [0.1, 0.15) is 6.42 Å². The lowest BCUT2D eigenvalue weighted by Gasteiger charge is -2.15. The molecule has 0 radical (unpaired) electrons. The number of carbonyl (C=O) groups excluding carboxylic acids is 1. The van der Waals surface area contributed by atoms with Crippen LogP contribution in [0.3, 0.4) is 0 Å². The van der Waals surface area contributed by atoms with Crippen molar-refractivity contribution >= 4 is 11.9 Å². The predicted octanol–water partition coefficient (Wildman–Crippen LogP) is -2.73. The van der Waals surface area contributed by atoms with E-state index in [4.69, 9.17) is 15.3 Å². The molecule has 0 aromatic heterocycles. The van der Waals surface area contributed by atoms with Crippen LogP contribution in [0.4, 0.5) is 0 Å². The van der Waals surface area contributed by atoms with E-state index in [0.29, 0.717) is 6.54 Å². The molecule has 15 heavy (non-hydrogen) atoms. The summed E-state index contributed by atoms with van der Waals surface area (Å²) in [6, 6.07) is -1.88. The smallest absolute Gasteiger partial charge is 0.328 e. The quantitative estimate of drug-likeness (QED) is 0.349. The summed E-state index contributed by atoms with van der Waals surface area (Å²) in [5.74, 6) is -1.81. The van der Waals surface area contributed by atoms with Crippen LogP contribution in [0.2, 0.25) is 0 Å². The molecule has 0 unspecified atom stereocenters. The standard InChI is InChI=1S/C8H14N2O5/c11-3-6(8(14)15)10-7(13)5-1-4(12)2-9-5/h4-6,9,11-12H,1-3H2,(H,10,13)(H,14,15)/t4-,5-,6-/m1/s1. The molecule has 0 aromatic carbocycles. The first-order chi connectivity index (χ1) is 7.04. The van der Waals surface area contributed by atoms with E-state index in [1.165, 1.54) is 0 Å². The van der Waals surface area contributed by atoms with Gasteiger partial charge in [-0.2, -0.15) is 0 Å². The number of hydrogen-bond acceptors (Lipinski definition) is 5. The van der Waals surface area contributed by atoms with Crippen LogP contribution in [-0.2, 0) is 9.59 Å². The highest BCUT2D eigenvalue weighted by Gasteiger charge is 2.30. The minimum Gasteiger partial charge on any atom is -0.480 e. The zero-order valence-electron chi connectivity index (χ0n) is 8.01. The number of aliphatic hydroxyl groups excluding tert-OH is 2. The number of β-amino-alcohol motifs (C(OH)–C–C–N with tert-alkyl or cyclic N) is 1. The third-order valence-corrected chi connectivity index (χ3v) is 2.22. The molecule has 0 aliphatic carbocycles. The minimum atomic E-state index is -1.29. The molecule has 3 atom stereocenters. The zero-order valence-corrected chi connectivity index (χ0v) is 8.01. The van der Waals surface area contributed by atoms with Gasteiger partial charge in [0.2, 0.25) is 5.91 Å². The zero-order chi connectivity index (χ0) is 11.4. The molecule has 1 aliphatic rings. The van der Waals surface area contributed by atoms with Gasteiger partial charge in [0, 0.05) is 6.54 Å². The Morgan fingerprint density at radius 1 is 1.53 bits per heavy atom. The first kappa shape index (κ1) is 11.9. The highest BCUT2D eigenvalue weighted by molar-refractivity contribution is 5.87. The van der Waals surface area contributed by atoms with Crippen molar-refractivity contribution in [1.29, 1.82) is 0 Å². The number of rotatable bonds is 4. The summed E-state index contributed by atoms with van der Waals surface area (Å²) in [6.45, 7) is -0.342. The van der Waals surface area contributed by atoms with Crippen LogP contribution in [0, 0.1) is 0 Å². The Labute approximate surface area is 86.1 Å². The Morgan fingerprint density at radius 3 is 2.60 bits per heavy atom. The number of aliphatic hydroxyl groups is 2. The molecule has 0 saturated carbocycles. The number of nitrogens with one attached hydrogen (secondary N) is 2. The summed E-state index contributed by atoms with van der Waals surface area (Å²) < 4.78 is 0. The minimum absolute atomic E-state index is 0.254. The van der Waals surface area contributed by atoms with Gasteiger partial charge in [-0.1, -0.05) is 0 Å². The van der Waals surface area contributed by atoms with Crippen molar-refractivity contribution in [3.63, 3.8) is 0 Å². The van der Waals surface area contributed by atoms with Crippen molar-refractivity contribution in [1.82, 2.24) is 10.6 Å². The SMILES string of the molecule is O=C(O)[C@@H](CO)NC(=O)[C@H]1C[C@@H](O)CN1. The summed E-state index contributed by atoms with van der Waals surface area (Å²) in [5, 5.41) is 31.3. The summed E-state index contributed by atoms with van der Waals surface area (Å²) in [4.78, 5) is 21.9. The monoisotopic (exact) mass is 218 g/mol. The normalized spacial score (nSPS) is 27.3. The molecule has 0 bridgehead atoms. The van der Waals surface area contributed by atoms with Gasteiger partial charge in [-0.05, 0) is 6.42 Å². The second-order valence-electron chi connectivity index (χ2n) is 3.43. The fourth-order valence-electron chi connectivity index (χ4n) is 1.37. The topological polar surface area (TPSA) is 119 Å². The molecule has 1 rings (SSSR count). The Bertz CT molecular complexity index is 257. The first-order valence-corrected chi connectivity index (χ1v) is 4.60. The van der Waals surface area contributed by atoms with Crippen molar-refractivity contribution in [3.05, 3.63) is 0 Å². The van der Waals surface area contributed by atoms with E-state index in [0.717, 1.165) is 0 Å². The number of carboxylic acids is 1. The van der Waals surface area contributed by atoms with Crippen LogP contribution >= 0.6 is 0 Å². The molecule has 0 aromatic rings. The van der Waals surface area contributed by atoms with Crippen LogP contribution in [0.5, 0.6) is 0 Å². The summed E-state index contributed by atoms with van der Waals surface area (Å²) in [7, 11) is 0. The molecular weight excluding hydrogens is 204 g/mol. The van der Waals surface area contributed by atoms with Gasteiger partial charge in [0.05, 0.1) is 18.8 Å². The highest BCUT2D eigenvalue weighted by Crippen LogP contribution is 2.06. The third kappa shape index (κ3) is 3.15. The van der Waals surface area contributed by atoms with Crippen LogP contribution in [0.15, 0.2) is 0 Å². The second-order valence-corrected chi connectivity index (χ2v) is 3.43. The molecule has 1 amide bonds. The molecule has 86 valence electrons. The number of carbonyl (C=O) groups is 2. The number of carboxylic acid groups (broad SMARTS) is 1. The van der Waals surface area contributed by atoms with Gasteiger partial charge in [-0.3, -0.25) is 4.79 Å². The molecule has 1 fully saturated rings. The van der Waals surface area contributed by atoms with Gasteiger partial charge in [-0.25, -0.2) is 4.79 Å². The van der Waals surface area contributed by atoms with Crippen molar-refractivity contribution in [2.45, 2.75) is 24.6 Å². The van der Waals surface area contributed by atoms with Crippen molar-refractivity contribution in [2.75, 3.05) is 13.2 Å². The molecule has 1 heterocycles. The number of amides is 1. The molecule has 7 heteroatoms. The lowest BCUT2D eigenvalue weighted by Crippen LogP contribution is -2.49. The summed E-state index contributed by atoms with van der Waals surface area (Å²) in [5.41, 5.74) is 0. The van der Waals surface area contributed by atoms with Gasteiger partial charge in [-0.15, -0.1) is 0 Å². The summed E-state index contributed by atoms with van der Waals surface area (Å²) in [6.07, 6.45) is -0.331. The fraction of sp³-hybridized carbons (Fsp3) is 0.750. The Balaban J connectivity index is 2.44. The van der Waals surface area contributed by atoms with Crippen LogP contribution in [-0.4, -0.2) is 58.5 Å². The molecule has 1 saturated heterocycles. The maximum atomic E-state index is 11.4. The highest BCUT2D eigenvalue weighted by atomic mass is 16.4. The molecular formula is C8H14N2O5. The molecule has 5 N–H and O–H groups in total. The Hall–Kier alpha value is -1.18. The van der Waals surface area contributed by atoms with E-state index >= 15 is 0 Å². The van der Waals surface area contributed by atoms with E-state index in [1.54, 1.807) is 0 Å². The molecule has 0 spiro atoms. The van der Waals surface area contributed by atoms with Crippen molar-refractivity contribution < 1.29 is 24.9 Å². The Morgan fingerprint density at radius 2 is 2.20 bits per heavy atom. The van der Waals surface area contributed by atoms with Crippen molar-refractivity contribution in [3.8, 4) is 0 Å². The number of hydrogen-bond donors (Lipinski definition) is 5. The van der Waals surface area contributed by atoms with Crippen LogP contribution < -0.4 is 10.6 Å². The lowest BCUT2D eigenvalue weighted by atomic mass is 10.2. The van der Waals surface area contributed by atoms with E-state index in [9.17, 15) is 9.59 Å². The van der Waals surface area contributed by atoms with E-state index in [1.807, 2.05) is 0 Å². The molecule has 7 nitrogen and oxygen atoms in total. The Kier molecular flexibility index (Phi) is 4.01. The number of aliphatic carboxylic acids is 1. The lowest BCUT2D eigenvalue weighted by molar-refractivity contribution is -0.143. The van der Waals surface area contributed by atoms with E-state index < -0.39 is 36.7 Å². The summed E-state index contributed by atoms with van der Waals surface area (Å²) >= 11 is 0. The van der Waals surface area contributed by atoms with E-state index in [-0.39, 0.29) is 6.42 Å². The largest absolute Gasteiger partial charge is 0.480 e. The first-order valence-electron chi connectivity index (χ1n) is 4.60. The average Bonchev–Trinajstić information content (AvgIpc) is 2.60. The second kappa shape index (κ2) is 5.06.